The highest BCUT2D eigenvalue weighted by Crippen LogP contribution is 2.30. The Balaban J connectivity index is 2.47. The highest BCUT2D eigenvalue weighted by atomic mass is 16.2. The highest BCUT2D eigenvalue weighted by Gasteiger charge is 2.32. The molecule has 0 spiro atoms. The van der Waals surface area contributed by atoms with Crippen molar-refractivity contribution in [2.24, 2.45) is 11.1 Å². The predicted octanol–water partition coefficient (Wildman–Crippen LogP) is -0.109. The van der Waals surface area contributed by atoms with Crippen molar-refractivity contribution < 1.29 is 9.59 Å². The number of urea groups is 1. The molecule has 6 heteroatoms. The Labute approximate surface area is 108 Å². The molecule has 18 heavy (non-hydrogen) atoms. The third-order valence-corrected chi connectivity index (χ3v) is 3.89. The Morgan fingerprint density at radius 1 is 1.39 bits per heavy atom. The van der Waals surface area contributed by atoms with Crippen LogP contribution >= 0.6 is 0 Å². The van der Waals surface area contributed by atoms with Crippen LogP contribution in [0.4, 0.5) is 4.79 Å². The van der Waals surface area contributed by atoms with Crippen LogP contribution in [-0.4, -0.2) is 49.6 Å². The number of hydrogen-bond donors (Lipinski definition) is 3. The maximum Gasteiger partial charge on any atom is 0.321 e. The minimum Gasteiger partial charge on any atom is -0.341 e. The van der Waals surface area contributed by atoms with Gasteiger partial charge in [0.05, 0.1) is 6.04 Å². The van der Waals surface area contributed by atoms with Crippen LogP contribution in [0.5, 0.6) is 0 Å². The van der Waals surface area contributed by atoms with Gasteiger partial charge in [-0.2, -0.15) is 0 Å². The van der Waals surface area contributed by atoms with Crippen molar-refractivity contribution in [3.63, 3.8) is 0 Å². The van der Waals surface area contributed by atoms with E-state index in [-0.39, 0.29) is 17.4 Å². The lowest BCUT2D eigenvalue weighted by atomic mass is 9.80. The number of likely N-dealkylation sites (tertiary alicyclic amines) is 1. The molecular formula is C12H24N4O2. The van der Waals surface area contributed by atoms with Gasteiger partial charge in [-0.1, -0.05) is 6.92 Å². The fourth-order valence-electron chi connectivity index (χ4n) is 2.10. The molecule has 1 heterocycles. The molecule has 104 valence electrons. The van der Waals surface area contributed by atoms with Crippen molar-refractivity contribution in [1.82, 2.24) is 15.5 Å². The zero-order valence-corrected chi connectivity index (χ0v) is 11.5. The molecule has 1 rings (SSSR count). The number of nitrogens with zero attached hydrogens (tertiary/aromatic N) is 1. The van der Waals surface area contributed by atoms with E-state index in [0.717, 1.165) is 25.9 Å². The van der Waals surface area contributed by atoms with E-state index < -0.39 is 6.03 Å². The van der Waals surface area contributed by atoms with Crippen molar-refractivity contribution in [1.29, 1.82) is 0 Å². The number of hydrogen-bond acceptors (Lipinski definition) is 4. The molecule has 1 saturated heterocycles. The normalized spacial score (nSPS) is 21.1. The minimum atomic E-state index is -0.462. The summed E-state index contributed by atoms with van der Waals surface area (Å²) in [6.07, 6.45) is 1.97. The van der Waals surface area contributed by atoms with Crippen LogP contribution in [-0.2, 0) is 4.79 Å². The van der Waals surface area contributed by atoms with Crippen molar-refractivity contribution in [3.8, 4) is 0 Å². The first-order chi connectivity index (χ1) is 8.41. The van der Waals surface area contributed by atoms with Crippen LogP contribution in [0.2, 0.25) is 0 Å². The number of piperidine rings is 1. The first kappa shape index (κ1) is 14.9. The lowest BCUT2D eigenvalue weighted by Crippen LogP contribution is -2.52. The second-order valence-electron chi connectivity index (χ2n) is 5.30. The smallest absolute Gasteiger partial charge is 0.321 e. The Kier molecular flexibility index (Phi) is 5.10. The van der Waals surface area contributed by atoms with Crippen LogP contribution < -0.4 is 16.4 Å². The molecule has 1 unspecified atom stereocenters. The van der Waals surface area contributed by atoms with Gasteiger partial charge < -0.3 is 11.1 Å². The zero-order chi connectivity index (χ0) is 13.8. The number of nitrogens with one attached hydrogen (secondary N) is 2. The van der Waals surface area contributed by atoms with Gasteiger partial charge in [0.15, 0.2) is 0 Å². The summed E-state index contributed by atoms with van der Waals surface area (Å²) in [4.78, 5) is 25.0. The van der Waals surface area contributed by atoms with Crippen LogP contribution in [0.3, 0.4) is 0 Å². The number of imide groups is 1. The molecule has 1 atom stereocenters. The first-order valence-corrected chi connectivity index (χ1v) is 6.38. The van der Waals surface area contributed by atoms with Gasteiger partial charge in [-0.15, -0.1) is 0 Å². The topological polar surface area (TPSA) is 87.5 Å². The molecule has 0 aromatic rings. The first-order valence-electron chi connectivity index (χ1n) is 6.38. The fourth-order valence-corrected chi connectivity index (χ4v) is 2.10. The van der Waals surface area contributed by atoms with Gasteiger partial charge >= 0.3 is 6.03 Å². The maximum absolute atomic E-state index is 11.8. The Bertz CT molecular complexity index is 311. The van der Waals surface area contributed by atoms with Gasteiger partial charge in [0.2, 0.25) is 5.91 Å². The summed E-state index contributed by atoms with van der Waals surface area (Å²) in [5, 5.41) is 4.68. The lowest BCUT2D eigenvalue weighted by Gasteiger charge is -2.40. The summed E-state index contributed by atoms with van der Waals surface area (Å²) < 4.78 is 0. The summed E-state index contributed by atoms with van der Waals surface area (Å²) in [7, 11) is 1.49. The van der Waals surface area contributed by atoms with E-state index in [1.54, 1.807) is 0 Å². The largest absolute Gasteiger partial charge is 0.341 e. The van der Waals surface area contributed by atoms with Gasteiger partial charge in [0.25, 0.3) is 0 Å². The van der Waals surface area contributed by atoms with Crippen LogP contribution in [0.15, 0.2) is 0 Å². The molecule has 0 aromatic heterocycles. The Morgan fingerprint density at radius 2 is 1.94 bits per heavy atom. The monoisotopic (exact) mass is 256 g/mol. The van der Waals surface area contributed by atoms with Gasteiger partial charge in [-0.3, -0.25) is 15.0 Å². The minimum absolute atomic E-state index is 0.188. The van der Waals surface area contributed by atoms with E-state index in [9.17, 15) is 9.59 Å². The van der Waals surface area contributed by atoms with Crippen molar-refractivity contribution in [2.45, 2.75) is 32.7 Å². The third-order valence-electron chi connectivity index (χ3n) is 3.89. The fraction of sp³-hybridized carbons (Fsp3) is 0.833. The molecule has 6 nitrogen and oxygen atoms in total. The van der Waals surface area contributed by atoms with Gasteiger partial charge in [-0.05, 0) is 44.8 Å². The molecule has 1 aliphatic heterocycles. The van der Waals surface area contributed by atoms with Crippen molar-refractivity contribution >= 4 is 11.9 Å². The van der Waals surface area contributed by atoms with E-state index in [1.807, 2.05) is 6.92 Å². The molecule has 3 amide bonds. The molecule has 0 aliphatic carbocycles. The Morgan fingerprint density at radius 3 is 2.39 bits per heavy atom. The number of carbonyl (C=O) groups is 2. The summed E-state index contributed by atoms with van der Waals surface area (Å²) in [6.45, 7) is 6.37. The molecule has 0 radical (unpaired) electrons. The second kappa shape index (κ2) is 6.15. The molecule has 0 bridgehead atoms. The van der Waals surface area contributed by atoms with Crippen molar-refractivity contribution in [2.75, 3.05) is 26.7 Å². The predicted molar refractivity (Wildman–Crippen MR) is 70.0 cm³/mol. The van der Waals surface area contributed by atoms with Crippen LogP contribution in [0, 0.1) is 5.41 Å². The third kappa shape index (κ3) is 3.68. The molecular weight excluding hydrogens is 232 g/mol. The van der Waals surface area contributed by atoms with E-state index in [4.69, 9.17) is 5.73 Å². The van der Waals surface area contributed by atoms with Gasteiger partial charge in [0, 0.05) is 7.05 Å². The Hall–Kier alpha value is -1.14. The molecule has 0 aromatic carbocycles. The summed E-state index contributed by atoms with van der Waals surface area (Å²) in [5.41, 5.74) is 5.94. The average Bonchev–Trinajstić information content (AvgIpc) is 2.38. The van der Waals surface area contributed by atoms with E-state index in [0.29, 0.717) is 6.54 Å². The van der Waals surface area contributed by atoms with Crippen molar-refractivity contribution in [3.05, 3.63) is 0 Å². The molecule has 4 N–H and O–H groups in total. The standard InChI is InChI=1S/C12H24N4O2/c1-9(10(17)15-11(18)14-3)16-6-4-12(2,8-13)5-7-16/h9H,4-8,13H2,1-3H3,(H2,14,15,17,18). The maximum atomic E-state index is 11.8. The zero-order valence-electron chi connectivity index (χ0n) is 11.5. The summed E-state index contributed by atoms with van der Waals surface area (Å²) >= 11 is 0. The molecule has 0 saturated carbocycles. The summed E-state index contributed by atoms with van der Waals surface area (Å²) in [6, 6.07) is -0.750. The SMILES string of the molecule is CNC(=O)NC(=O)C(C)N1CCC(C)(CN)CC1. The van der Waals surface area contributed by atoms with Crippen LogP contribution in [0.25, 0.3) is 0 Å². The number of rotatable bonds is 3. The summed E-state index contributed by atoms with van der Waals surface area (Å²) in [5.74, 6) is -0.259. The average molecular weight is 256 g/mol. The van der Waals surface area contributed by atoms with E-state index >= 15 is 0 Å². The second-order valence-corrected chi connectivity index (χ2v) is 5.30. The van der Waals surface area contributed by atoms with Gasteiger partial charge in [-0.25, -0.2) is 4.79 Å². The quantitative estimate of drug-likeness (QED) is 0.657. The van der Waals surface area contributed by atoms with E-state index in [1.165, 1.54) is 7.05 Å². The van der Waals surface area contributed by atoms with Gasteiger partial charge in [0.1, 0.15) is 0 Å². The molecule has 1 fully saturated rings. The van der Waals surface area contributed by atoms with Crippen LogP contribution in [0.1, 0.15) is 26.7 Å². The number of carbonyl (C=O) groups excluding carboxylic acids is 2. The lowest BCUT2D eigenvalue weighted by molar-refractivity contribution is -0.125. The van der Waals surface area contributed by atoms with E-state index in [2.05, 4.69) is 22.5 Å². The number of nitrogens with two attached hydrogens (primary N) is 1. The highest BCUT2D eigenvalue weighted by molar-refractivity contribution is 5.96. The molecule has 1 aliphatic rings. The number of amides is 3.